The van der Waals surface area contributed by atoms with Crippen LogP contribution in [0, 0.1) is 4.77 Å². The summed E-state index contributed by atoms with van der Waals surface area (Å²) in [5.41, 5.74) is 1.09. The molecule has 0 spiro atoms. The van der Waals surface area contributed by atoms with E-state index in [9.17, 15) is 4.79 Å². The number of aromatic nitrogens is 2. The average Bonchev–Trinajstić information content (AvgIpc) is 2.47. The molecule has 2 rings (SSSR count). The van der Waals surface area contributed by atoms with E-state index in [4.69, 9.17) is 12.2 Å². The second-order valence-electron chi connectivity index (χ2n) is 3.42. The van der Waals surface area contributed by atoms with Crippen LogP contribution in [0.5, 0.6) is 0 Å². The van der Waals surface area contributed by atoms with Crippen LogP contribution in [-0.2, 0) is 13.0 Å². The smallest absolute Gasteiger partial charge is 0.268 e. The Balaban J connectivity index is 2.69. The first kappa shape index (κ1) is 9.98. The van der Waals surface area contributed by atoms with Crippen molar-refractivity contribution in [1.82, 2.24) is 9.55 Å². The maximum atomic E-state index is 11.9. The lowest BCUT2D eigenvalue weighted by molar-refractivity contribution is 0.664. The lowest BCUT2D eigenvalue weighted by Crippen LogP contribution is -2.23. The van der Waals surface area contributed by atoms with E-state index in [-0.39, 0.29) is 5.56 Å². The van der Waals surface area contributed by atoms with Gasteiger partial charge in [-0.15, -0.1) is 11.8 Å². The van der Waals surface area contributed by atoms with Gasteiger partial charge in [0.15, 0.2) is 4.77 Å². The molecule has 0 saturated carbocycles. The number of fused-ring (bicyclic) bond motifs is 1. The lowest BCUT2D eigenvalue weighted by atomic mass is 10.2. The van der Waals surface area contributed by atoms with E-state index in [1.165, 1.54) is 0 Å². The van der Waals surface area contributed by atoms with E-state index >= 15 is 0 Å². The van der Waals surface area contributed by atoms with Crippen LogP contribution in [0.3, 0.4) is 0 Å². The molecule has 0 bridgehead atoms. The minimum atomic E-state index is 0.0700. The highest BCUT2D eigenvalue weighted by molar-refractivity contribution is 8.00. The third-order valence-corrected chi connectivity index (χ3v) is 3.89. The van der Waals surface area contributed by atoms with Crippen LogP contribution in [0.4, 0.5) is 0 Å². The third kappa shape index (κ3) is 1.44. The van der Waals surface area contributed by atoms with Crippen molar-refractivity contribution in [3.8, 4) is 0 Å². The molecule has 0 saturated heterocycles. The van der Waals surface area contributed by atoms with E-state index < -0.39 is 0 Å². The van der Waals surface area contributed by atoms with Crippen molar-refractivity contribution < 1.29 is 0 Å². The molecule has 14 heavy (non-hydrogen) atoms. The monoisotopic (exact) mass is 228 g/mol. The third-order valence-electron chi connectivity index (χ3n) is 2.34. The molecule has 76 valence electrons. The van der Waals surface area contributed by atoms with Gasteiger partial charge in [-0.05, 0) is 19.1 Å². The minimum Gasteiger partial charge on any atom is -0.335 e. The predicted octanol–water partition coefficient (Wildman–Crippen LogP) is 1.96. The normalized spacial score (nSPS) is 19.7. The quantitative estimate of drug-likeness (QED) is 0.747. The highest BCUT2D eigenvalue weighted by Crippen LogP contribution is 2.32. The van der Waals surface area contributed by atoms with Crippen molar-refractivity contribution in [2.75, 3.05) is 0 Å². The van der Waals surface area contributed by atoms with E-state index in [2.05, 4.69) is 11.9 Å². The Morgan fingerprint density at radius 3 is 3.07 bits per heavy atom. The summed E-state index contributed by atoms with van der Waals surface area (Å²) in [5, 5.41) is 0.482. The topological polar surface area (TPSA) is 37.8 Å². The summed E-state index contributed by atoms with van der Waals surface area (Å²) in [4.78, 5) is 15.9. The molecule has 3 nitrogen and oxygen atoms in total. The van der Waals surface area contributed by atoms with Crippen molar-refractivity contribution in [2.45, 2.75) is 37.0 Å². The first-order valence-corrected chi connectivity index (χ1v) is 5.95. The van der Waals surface area contributed by atoms with E-state index in [0.717, 1.165) is 17.0 Å². The van der Waals surface area contributed by atoms with Gasteiger partial charge in [0.05, 0.1) is 4.90 Å². The molecule has 1 N–H and O–H groups in total. The summed E-state index contributed by atoms with van der Waals surface area (Å²) in [6.45, 7) is 4.69. The number of nitrogens with zero attached hydrogens (tertiary/aromatic N) is 1. The second kappa shape index (κ2) is 3.55. The first-order chi connectivity index (χ1) is 6.63. The van der Waals surface area contributed by atoms with Crippen LogP contribution in [0.25, 0.3) is 0 Å². The van der Waals surface area contributed by atoms with Crippen molar-refractivity contribution >= 4 is 24.0 Å². The Labute approximate surface area is 91.5 Å². The molecular weight excluding hydrogens is 216 g/mol. The van der Waals surface area contributed by atoms with Gasteiger partial charge in [0.25, 0.3) is 5.56 Å². The van der Waals surface area contributed by atoms with Crippen molar-refractivity contribution in [3.05, 3.63) is 20.8 Å². The Morgan fingerprint density at radius 2 is 2.43 bits per heavy atom. The first-order valence-electron chi connectivity index (χ1n) is 4.66. The highest BCUT2D eigenvalue weighted by atomic mass is 32.2. The summed E-state index contributed by atoms with van der Waals surface area (Å²) in [6.07, 6.45) is 0.920. The van der Waals surface area contributed by atoms with Crippen molar-refractivity contribution in [3.63, 3.8) is 0 Å². The van der Waals surface area contributed by atoms with Gasteiger partial charge in [-0.25, -0.2) is 0 Å². The molecule has 1 aromatic heterocycles. The molecule has 5 heteroatoms. The molecular formula is C9H12N2OS2. The molecule has 0 unspecified atom stereocenters. The molecule has 1 aliphatic heterocycles. The maximum absolute atomic E-state index is 11.9. The second-order valence-corrected chi connectivity index (χ2v) is 5.26. The van der Waals surface area contributed by atoms with E-state index in [1.807, 2.05) is 6.92 Å². The van der Waals surface area contributed by atoms with Crippen molar-refractivity contribution in [1.29, 1.82) is 0 Å². The Kier molecular flexibility index (Phi) is 2.53. The Hall–Kier alpha value is -0.550. The fourth-order valence-corrected chi connectivity index (χ4v) is 3.16. The molecule has 0 amide bonds. The molecule has 1 atom stereocenters. The molecule has 1 aliphatic rings. The van der Waals surface area contributed by atoms with Gasteiger partial charge in [0.1, 0.15) is 0 Å². The zero-order valence-electron chi connectivity index (χ0n) is 8.16. The van der Waals surface area contributed by atoms with Crippen LogP contribution in [-0.4, -0.2) is 14.8 Å². The number of rotatable bonds is 1. The fraction of sp³-hybridized carbons (Fsp3) is 0.556. The van der Waals surface area contributed by atoms with Crippen LogP contribution in [0.2, 0.25) is 0 Å². The molecule has 0 aliphatic carbocycles. The molecule has 0 aromatic carbocycles. The number of aromatic amines is 1. The zero-order valence-corrected chi connectivity index (χ0v) is 9.80. The van der Waals surface area contributed by atoms with Gasteiger partial charge in [-0.2, -0.15) is 0 Å². The number of hydrogen-bond donors (Lipinski definition) is 1. The van der Waals surface area contributed by atoms with E-state index in [1.54, 1.807) is 16.3 Å². The average molecular weight is 228 g/mol. The molecule has 0 fully saturated rings. The summed E-state index contributed by atoms with van der Waals surface area (Å²) in [6, 6.07) is 0. The summed E-state index contributed by atoms with van der Waals surface area (Å²) >= 11 is 6.76. The molecule has 1 aromatic rings. The van der Waals surface area contributed by atoms with E-state index in [0.29, 0.717) is 16.6 Å². The van der Waals surface area contributed by atoms with Gasteiger partial charge >= 0.3 is 0 Å². The summed E-state index contributed by atoms with van der Waals surface area (Å²) in [7, 11) is 0. The fourth-order valence-electron chi connectivity index (χ4n) is 1.68. The van der Waals surface area contributed by atoms with Crippen molar-refractivity contribution in [2.24, 2.45) is 0 Å². The molecule has 0 radical (unpaired) electrons. The summed E-state index contributed by atoms with van der Waals surface area (Å²) < 4.78 is 2.16. The number of thioether (sulfide) groups is 1. The van der Waals surface area contributed by atoms with Crippen LogP contribution >= 0.6 is 24.0 Å². The van der Waals surface area contributed by atoms with Crippen LogP contribution < -0.4 is 5.56 Å². The van der Waals surface area contributed by atoms with Gasteiger partial charge in [0, 0.05) is 23.9 Å². The Bertz CT molecular complexity index is 475. The highest BCUT2D eigenvalue weighted by Gasteiger charge is 2.23. The number of nitrogens with one attached hydrogen (secondary N) is 1. The summed E-state index contributed by atoms with van der Waals surface area (Å²) in [5.74, 6) is 0. The number of hydrogen-bond acceptors (Lipinski definition) is 3. The lowest BCUT2D eigenvalue weighted by Gasteiger charge is -2.04. The predicted molar refractivity (Wildman–Crippen MR) is 60.6 cm³/mol. The maximum Gasteiger partial charge on any atom is 0.268 e. The molecule has 2 heterocycles. The number of H-pyrrole nitrogens is 1. The Morgan fingerprint density at radius 1 is 1.71 bits per heavy atom. The van der Waals surface area contributed by atoms with Gasteiger partial charge in [-0.3, -0.25) is 9.36 Å². The largest absolute Gasteiger partial charge is 0.335 e. The van der Waals surface area contributed by atoms with Gasteiger partial charge in [-0.1, -0.05) is 6.92 Å². The van der Waals surface area contributed by atoms with Crippen LogP contribution in [0.15, 0.2) is 9.69 Å². The standard InChI is InChI=1S/C9H12N2OS2/c1-3-11-8(12)7-6(10-9(11)13)4-5(2)14-7/h5H,3-4H2,1-2H3,(H,10,13)/t5-/m1/s1. The zero-order chi connectivity index (χ0) is 10.3. The SMILES string of the molecule is CCn1c(=S)[nH]c2c(c1=O)S[C@H](C)C2. The van der Waals surface area contributed by atoms with Crippen LogP contribution in [0.1, 0.15) is 19.5 Å². The van der Waals surface area contributed by atoms with Gasteiger partial charge < -0.3 is 4.98 Å². The minimum absolute atomic E-state index is 0.0700. The van der Waals surface area contributed by atoms with Gasteiger partial charge in [0.2, 0.25) is 0 Å².